The predicted molar refractivity (Wildman–Crippen MR) is 114 cm³/mol. The minimum Gasteiger partial charge on any atom is -0.325 e. The lowest BCUT2D eigenvalue weighted by molar-refractivity contribution is -0.113. The molecule has 0 aliphatic heterocycles. The summed E-state index contributed by atoms with van der Waals surface area (Å²) < 4.78 is 3.91. The zero-order chi connectivity index (χ0) is 19.8. The maximum absolute atomic E-state index is 12.4. The summed E-state index contributed by atoms with van der Waals surface area (Å²) in [5, 5.41) is 12.3. The van der Waals surface area contributed by atoms with E-state index < -0.39 is 0 Å². The lowest BCUT2D eigenvalue weighted by Crippen LogP contribution is -2.16. The zero-order valence-electron chi connectivity index (χ0n) is 16.5. The second-order valence-electron chi connectivity index (χ2n) is 6.66. The lowest BCUT2D eigenvalue weighted by Gasteiger charge is -2.11. The van der Waals surface area contributed by atoms with E-state index in [0.717, 1.165) is 30.8 Å². The number of hydrogen-bond donors (Lipinski definition) is 1. The van der Waals surface area contributed by atoms with Crippen LogP contribution < -0.4 is 5.32 Å². The highest BCUT2D eigenvalue weighted by Gasteiger charge is 2.15. The summed E-state index contributed by atoms with van der Waals surface area (Å²) in [6, 6.07) is 12.0. The molecule has 3 rings (SSSR count). The summed E-state index contributed by atoms with van der Waals surface area (Å²) in [6.07, 6.45) is 9.17. The van der Waals surface area contributed by atoms with Crippen molar-refractivity contribution in [1.82, 2.24) is 19.5 Å². The minimum atomic E-state index is -0.0506. The number of nitrogens with one attached hydrogen (secondary N) is 1. The van der Waals surface area contributed by atoms with Gasteiger partial charge in [0, 0.05) is 24.5 Å². The van der Waals surface area contributed by atoms with Crippen LogP contribution in [0.1, 0.15) is 44.5 Å². The Bertz CT molecular complexity index is 871. The normalized spacial score (nSPS) is 10.9. The molecule has 3 aromatic rings. The third kappa shape index (κ3) is 5.25. The standard InChI is InChI=1S/C21H27N5OS/c1-3-5-9-17-10-12-18(13-11-17)22-20(27)16-28-21-24-23-19(8-4-2)26(21)25-14-6-7-15-25/h6-7,10-15H,3-5,8-9,16H2,1-2H3,(H,22,27). The summed E-state index contributed by atoms with van der Waals surface area (Å²) in [4.78, 5) is 12.4. The topological polar surface area (TPSA) is 64.7 Å². The van der Waals surface area contributed by atoms with E-state index >= 15 is 0 Å². The first kappa shape index (κ1) is 20.2. The van der Waals surface area contributed by atoms with Crippen LogP contribution in [0, 0.1) is 0 Å². The van der Waals surface area contributed by atoms with E-state index in [1.54, 1.807) is 0 Å². The third-order valence-corrected chi connectivity index (χ3v) is 5.28. The molecule has 0 bridgehead atoms. The molecule has 0 saturated heterocycles. The highest BCUT2D eigenvalue weighted by atomic mass is 32.2. The molecule has 0 saturated carbocycles. The van der Waals surface area contributed by atoms with Crippen molar-refractivity contribution in [3.05, 3.63) is 60.2 Å². The number of nitrogens with zero attached hydrogens (tertiary/aromatic N) is 4. The van der Waals surface area contributed by atoms with Crippen LogP contribution in [0.25, 0.3) is 0 Å². The first-order chi connectivity index (χ1) is 13.7. The molecule has 1 amide bonds. The summed E-state index contributed by atoms with van der Waals surface area (Å²) in [5.74, 6) is 1.12. The fourth-order valence-corrected chi connectivity index (χ4v) is 3.67. The quantitative estimate of drug-likeness (QED) is 0.515. The van der Waals surface area contributed by atoms with Gasteiger partial charge in [0.05, 0.1) is 5.75 Å². The average molecular weight is 398 g/mol. The molecule has 2 aromatic heterocycles. The number of unbranched alkanes of at least 4 members (excludes halogenated alkanes) is 1. The molecule has 0 atom stereocenters. The number of anilines is 1. The van der Waals surface area contributed by atoms with Crippen molar-refractivity contribution in [2.45, 2.75) is 51.1 Å². The van der Waals surface area contributed by atoms with Crippen molar-refractivity contribution in [2.24, 2.45) is 0 Å². The number of carbonyl (C=O) groups excluding carboxylic acids is 1. The second kappa shape index (κ2) is 10.1. The second-order valence-corrected chi connectivity index (χ2v) is 7.60. The number of thioether (sulfide) groups is 1. The van der Waals surface area contributed by atoms with Gasteiger partial charge in [0.15, 0.2) is 5.82 Å². The van der Waals surface area contributed by atoms with Crippen LogP contribution in [-0.4, -0.2) is 31.2 Å². The van der Waals surface area contributed by atoms with Gasteiger partial charge in [-0.25, -0.2) is 4.68 Å². The molecule has 0 spiro atoms. The van der Waals surface area contributed by atoms with Gasteiger partial charge in [-0.3, -0.25) is 9.47 Å². The summed E-state index contributed by atoms with van der Waals surface area (Å²) >= 11 is 1.39. The molecule has 0 aliphatic rings. The van der Waals surface area contributed by atoms with Gasteiger partial charge in [-0.15, -0.1) is 10.2 Å². The molecule has 1 N–H and O–H groups in total. The van der Waals surface area contributed by atoms with Gasteiger partial charge in [0.2, 0.25) is 11.1 Å². The predicted octanol–water partition coefficient (Wildman–Crippen LogP) is 4.42. The van der Waals surface area contributed by atoms with E-state index in [-0.39, 0.29) is 11.7 Å². The van der Waals surface area contributed by atoms with Crippen molar-refractivity contribution < 1.29 is 4.79 Å². The Kier molecular flexibility index (Phi) is 7.31. The Morgan fingerprint density at radius 1 is 1.04 bits per heavy atom. The lowest BCUT2D eigenvalue weighted by atomic mass is 10.1. The molecule has 7 heteroatoms. The Balaban J connectivity index is 1.60. The summed E-state index contributed by atoms with van der Waals surface area (Å²) in [7, 11) is 0. The van der Waals surface area contributed by atoms with Gasteiger partial charge >= 0.3 is 0 Å². The molecule has 0 aliphatic carbocycles. The largest absolute Gasteiger partial charge is 0.325 e. The molecular weight excluding hydrogens is 370 g/mol. The first-order valence-electron chi connectivity index (χ1n) is 9.80. The van der Waals surface area contributed by atoms with Gasteiger partial charge in [0.1, 0.15) is 0 Å². The molecule has 0 unspecified atom stereocenters. The van der Waals surface area contributed by atoms with Crippen LogP contribution in [0.3, 0.4) is 0 Å². The molecular formula is C21H27N5OS. The fourth-order valence-electron chi connectivity index (χ4n) is 2.92. The van der Waals surface area contributed by atoms with Crippen molar-refractivity contribution >= 4 is 23.4 Å². The van der Waals surface area contributed by atoms with Crippen molar-refractivity contribution in [3.8, 4) is 0 Å². The maximum atomic E-state index is 12.4. The average Bonchev–Trinajstić information content (AvgIpc) is 3.36. The molecule has 2 heterocycles. The number of aryl methyl sites for hydroxylation is 2. The molecule has 0 radical (unpaired) electrons. The van der Waals surface area contributed by atoms with Gasteiger partial charge in [-0.2, -0.15) is 0 Å². The van der Waals surface area contributed by atoms with Crippen LogP contribution in [-0.2, 0) is 17.6 Å². The van der Waals surface area contributed by atoms with Crippen LogP contribution in [0.4, 0.5) is 5.69 Å². The Labute approximate surface area is 170 Å². The summed E-state index contributed by atoms with van der Waals surface area (Å²) in [6.45, 7) is 4.30. The van der Waals surface area contributed by atoms with Crippen LogP contribution >= 0.6 is 11.8 Å². The number of carbonyl (C=O) groups is 1. The van der Waals surface area contributed by atoms with Crippen LogP contribution in [0.5, 0.6) is 0 Å². The van der Waals surface area contributed by atoms with E-state index in [2.05, 4.69) is 41.5 Å². The summed E-state index contributed by atoms with van der Waals surface area (Å²) in [5.41, 5.74) is 2.13. The highest BCUT2D eigenvalue weighted by molar-refractivity contribution is 7.99. The van der Waals surface area contributed by atoms with Crippen molar-refractivity contribution in [3.63, 3.8) is 0 Å². The SMILES string of the molecule is CCCCc1ccc(NC(=O)CSc2nnc(CCC)n2-n2cccc2)cc1. The number of rotatable bonds is 10. The van der Waals surface area contributed by atoms with Crippen LogP contribution in [0.15, 0.2) is 53.9 Å². The van der Waals surface area contributed by atoms with E-state index in [1.807, 2.05) is 46.0 Å². The van der Waals surface area contributed by atoms with Crippen molar-refractivity contribution in [2.75, 3.05) is 11.1 Å². The first-order valence-corrected chi connectivity index (χ1v) is 10.8. The number of aromatic nitrogens is 4. The van der Waals surface area contributed by atoms with Crippen molar-refractivity contribution in [1.29, 1.82) is 0 Å². The van der Waals surface area contributed by atoms with Gasteiger partial charge < -0.3 is 5.32 Å². The van der Waals surface area contributed by atoms with Gasteiger partial charge in [0.25, 0.3) is 0 Å². The monoisotopic (exact) mass is 397 g/mol. The van der Waals surface area contributed by atoms with Gasteiger partial charge in [-0.05, 0) is 49.1 Å². The van der Waals surface area contributed by atoms with E-state index in [4.69, 9.17) is 0 Å². The highest BCUT2D eigenvalue weighted by Crippen LogP contribution is 2.19. The Morgan fingerprint density at radius 3 is 2.46 bits per heavy atom. The molecule has 28 heavy (non-hydrogen) atoms. The number of benzene rings is 1. The Morgan fingerprint density at radius 2 is 1.79 bits per heavy atom. The van der Waals surface area contributed by atoms with E-state index in [0.29, 0.717) is 5.16 Å². The van der Waals surface area contributed by atoms with E-state index in [1.165, 1.54) is 30.2 Å². The molecule has 0 fully saturated rings. The number of hydrogen-bond acceptors (Lipinski definition) is 4. The molecule has 1 aromatic carbocycles. The van der Waals surface area contributed by atoms with E-state index in [9.17, 15) is 4.79 Å². The fraction of sp³-hybridized carbons (Fsp3) is 0.381. The minimum absolute atomic E-state index is 0.0506. The van der Waals surface area contributed by atoms with Gasteiger partial charge in [-0.1, -0.05) is 44.2 Å². The molecule has 148 valence electrons. The third-order valence-electron chi connectivity index (χ3n) is 4.36. The van der Waals surface area contributed by atoms with Crippen LogP contribution in [0.2, 0.25) is 0 Å². The maximum Gasteiger partial charge on any atom is 0.234 e. The molecule has 6 nitrogen and oxygen atoms in total. The number of amides is 1. The smallest absolute Gasteiger partial charge is 0.234 e. The zero-order valence-corrected chi connectivity index (χ0v) is 17.3. The Hall–Kier alpha value is -2.54.